The zero-order valence-electron chi connectivity index (χ0n) is 10.6. The van der Waals surface area contributed by atoms with Gasteiger partial charge in [-0.25, -0.2) is 0 Å². The van der Waals surface area contributed by atoms with Crippen molar-refractivity contribution in [1.29, 1.82) is 0 Å². The number of benzene rings is 1. The summed E-state index contributed by atoms with van der Waals surface area (Å²) in [6.07, 6.45) is -0.0323. The van der Waals surface area contributed by atoms with E-state index in [1.54, 1.807) is 11.0 Å². The van der Waals surface area contributed by atoms with Crippen molar-refractivity contribution in [2.75, 3.05) is 6.54 Å². The summed E-state index contributed by atoms with van der Waals surface area (Å²) in [5, 5.41) is 9.00. The lowest BCUT2D eigenvalue weighted by atomic mass is 10.0. The van der Waals surface area contributed by atoms with Crippen molar-refractivity contribution < 1.29 is 14.7 Å². The number of hydrogen-bond acceptors (Lipinski definition) is 2. The second kappa shape index (κ2) is 4.80. The molecule has 1 aliphatic heterocycles. The van der Waals surface area contributed by atoms with E-state index in [4.69, 9.17) is 5.11 Å². The molecule has 1 amide bonds. The Morgan fingerprint density at radius 1 is 1.39 bits per heavy atom. The smallest absolute Gasteiger partial charge is 0.305 e. The molecule has 1 N–H and O–H groups in total. The number of rotatable bonds is 4. The number of carbonyl (C=O) groups is 2. The summed E-state index contributed by atoms with van der Waals surface area (Å²) in [5.41, 5.74) is 1.48. The fourth-order valence-corrected chi connectivity index (χ4v) is 2.44. The maximum atomic E-state index is 12.3. The number of carboxylic acid groups (broad SMARTS) is 1. The van der Waals surface area contributed by atoms with Crippen LogP contribution >= 0.6 is 0 Å². The third-order valence-electron chi connectivity index (χ3n) is 3.12. The molecule has 0 saturated carbocycles. The first kappa shape index (κ1) is 12.6. The van der Waals surface area contributed by atoms with Gasteiger partial charge < -0.3 is 10.0 Å². The molecular formula is C14H17NO3. The lowest BCUT2D eigenvalue weighted by molar-refractivity contribution is -0.138. The van der Waals surface area contributed by atoms with Crippen LogP contribution in [0.15, 0.2) is 24.3 Å². The Balaban J connectivity index is 2.36. The topological polar surface area (TPSA) is 57.6 Å². The van der Waals surface area contributed by atoms with Gasteiger partial charge in [0.1, 0.15) is 0 Å². The van der Waals surface area contributed by atoms with Crippen LogP contribution < -0.4 is 0 Å². The van der Waals surface area contributed by atoms with Gasteiger partial charge in [0.15, 0.2) is 0 Å². The number of fused-ring (bicyclic) bond motifs is 1. The van der Waals surface area contributed by atoms with E-state index < -0.39 is 5.97 Å². The molecule has 96 valence electrons. The standard InChI is InChI=1S/C14H17NO3/c1-9(2)8-15-12(7-13(16)17)10-5-3-4-6-11(10)14(15)18/h3-6,9,12H,7-8H2,1-2H3,(H,16,17). The monoisotopic (exact) mass is 247 g/mol. The van der Waals surface area contributed by atoms with E-state index in [-0.39, 0.29) is 18.4 Å². The van der Waals surface area contributed by atoms with Gasteiger partial charge in [-0.15, -0.1) is 0 Å². The van der Waals surface area contributed by atoms with Crippen molar-refractivity contribution in [3.63, 3.8) is 0 Å². The molecule has 1 aliphatic rings. The van der Waals surface area contributed by atoms with Crippen LogP contribution in [0.3, 0.4) is 0 Å². The van der Waals surface area contributed by atoms with Gasteiger partial charge in [0.25, 0.3) is 5.91 Å². The first-order chi connectivity index (χ1) is 8.50. The normalized spacial score (nSPS) is 18.3. The maximum absolute atomic E-state index is 12.3. The minimum Gasteiger partial charge on any atom is -0.481 e. The van der Waals surface area contributed by atoms with Crippen molar-refractivity contribution in [2.24, 2.45) is 5.92 Å². The summed E-state index contributed by atoms with van der Waals surface area (Å²) in [4.78, 5) is 24.9. The van der Waals surface area contributed by atoms with E-state index in [0.29, 0.717) is 18.0 Å². The van der Waals surface area contributed by atoms with E-state index in [2.05, 4.69) is 0 Å². The van der Waals surface area contributed by atoms with Gasteiger partial charge >= 0.3 is 5.97 Å². The van der Waals surface area contributed by atoms with Crippen molar-refractivity contribution >= 4 is 11.9 Å². The molecule has 0 aromatic heterocycles. The van der Waals surface area contributed by atoms with Crippen LogP contribution in [0.2, 0.25) is 0 Å². The molecule has 0 aliphatic carbocycles. The number of nitrogens with zero attached hydrogens (tertiary/aromatic N) is 1. The minimum atomic E-state index is -0.877. The fraction of sp³-hybridized carbons (Fsp3) is 0.429. The molecule has 0 fully saturated rings. The van der Waals surface area contributed by atoms with E-state index in [9.17, 15) is 9.59 Å². The second-order valence-electron chi connectivity index (χ2n) is 5.05. The lowest BCUT2D eigenvalue weighted by Gasteiger charge is -2.25. The number of carboxylic acids is 1. The molecule has 0 radical (unpaired) electrons. The van der Waals surface area contributed by atoms with Crippen LogP contribution in [0, 0.1) is 5.92 Å². The van der Waals surface area contributed by atoms with Gasteiger partial charge in [0.05, 0.1) is 12.5 Å². The summed E-state index contributed by atoms with van der Waals surface area (Å²) < 4.78 is 0. The SMILES string of the molecule is CC(C)CN1C(=O)c2ccccc2C1CC(=O)O. The maximum Gasteiger partial charge on any atom is 0.305 e. The molecule has 4 nitrogen and oxygen atoms in total. The number of carbonyl (C=O) groups excluding carboxylic acids is 1. The molecule has 0 spiro atoms. The van der Waals surface area contributed by atoms with Gasteiger partial charge in [0.2, 0.25) is 0 Å². The van der Waals surface area contributed by atoms with Gasteiger partial charge in [-0.2, -0.15) is 0 Å². The van der Waals surface area contributed by atoms with Crippen molar-refractivity contribution in [3.8, 4) is 0 Å². The van der Waals surface area contributed by atoms with Crippen molar-refractivity contribution in [3.05, 3.63) is 35.4 Å². The van der Waals surface area contributed by atoms with E-state index in [1.165, 1.54) is 0 Å². The molecule has 4 heteroatoms. The van der Waals surface area contributed by atoms with Crippen LogP contribution in [0.1, 0.15) is 42.2 Å². The Labute approximate surface area is 106 Å². The highest BCUT2D eigenvalue weighted by Gasteiger charge is 2.37. The van der Waals surface area contributed by atoms with Crippen molar-refractivity contribution in [1.82, 2.24) is 4.90 Å². The Kier molecular flexibility index (Phi) is 3.36. The summed E-state index contributed by atoms with van der Waals surface area (Å²) in [6.45, 7) is 4.63. The van der Waals surface area contributed by atoms with Gasteiger partial charge in [-0.1, -0.05) is 32.0 Å². The van der Waals surface area contributed by atoms with Crippen LogP contribution in [0.5, 0.6) is 0 Å². The first-order valence-electron chi connectivity index (χ1n) is 6.12. The van der Waals surface area contributed by atoms with Crippen LogP contribution in [-0.4, -0.2) is 28.4 Å². The Bertz CT molecular complexity index is 482. The van der Waals surface area contributed by atoms with Crippen molar-refractivity contribution in [2.45, 2.75) is 26.3 Å². The van der Waals surface area contributed by atoms with E-state index in [0.717, 1.165) is 5.56 Å². The minimum absolute atomic E-state index is 0.0323. The molecule has 0 saturated heterocycles. The largest absolute Gasteiger partial charge is 0.481 e. The summed E-state index contributed by atoms with van der Waals surface area (Å²) >= 11 is 0. The molecule has 1 aromatic carbocycles. The van der Waals surface area contributed by atoms with Crippen LogP contribution in [0.4, 0.5) is 0 Å². The highest BCUT2D eigenvalue weighted by Crippen LogP contribution is 2.36. The number of amides is 1. The average molecular weight is 247 g/mol. The first-order valence-corrected chi connectivity index (χ1v) is 6.12. The molecule has 1 atom stereocenters. The summed E-state index contributed by atoms with van der Waals surface area (Å²) in [5.74, 6) is -0.608. The predicted molar refractivity (Wildman–Crippen MR) is 67.3 cm³/mol. The molecule has 1 aromatic rings. The summed E-state index contributed by atoms with van der Waals surface area (Å²) in [7, 11) is 0. The average Bonchev–Trinajstić information content (AvgIpc) is 2.54. The molecule has 0 bridgehead atoms. The molecule has 18 heavy (non-hydrogen) atoms. The highest BCUT2D eigenvalue weighted by molar-refractivity contribution is 5.99. The number of aliphatic carboxylic acids is 1. The predicted octanol–water partition coefficient (Wildman–Crippen LogP) is 2.31. The van der Waals surface area contributed by atoms with Gasteiger partial charge in [-0.05, 0) is 17.5 Å². The van der Waals surface area contributed by atoms with Gasteiger partial charge in [0, 0.05) is 12.1 Å². The van der Waals surface area contributed by atoms with Crippen LogP contribution in [0.25, 0.3) is 0 Å². The Morgan fingerprint density at radius 3 is 2.67 bits per heavy atom. The Morgan fingerprint density at radius 2 is 2.06 bits per heavy atom. The third-order valence-corrected chi connectivity index (χ3v) is 3.12. The number of hydrogen-bond donors (Lipinski definition) is 1. The molecule has 1 heterocycles. The molecule has 1 unspecified atom stereocenters. The third kappa shape index (κ3) is 2.23. The van der Waals surface area contributed by atoms with E-state index >= 15 is 0 Å². The Hall–Kier alpha value is -1.84. The zero-order chi connectivity index (χ0) is 13.3. The second-order valence-corrected chi connectivity index (χ2v) is 5.05. The zero-order valence-corrected chi connectivity index (χ0v) is 10.6. The van der Waals surface area contributed by atoms with Crippen LogP contribution in [-0.2, 0) is 4.79 Å². The van der Waals surface area contributed by atoms with Gasteiger partial charge in [-0.3, -0.25) is 9.59 Å². The molecule has 2 rings (SSSR count). The molecular weight excluding hydrogens is 230 g/mol. The highest BCUT2D eigenvalue weighted by atomic mass is 16.4. The van der Waals surface area contributed by atoms with E-state index in [1.807, 2.05) is 32.0 Å². The summed E-state index contributed by atoms with van der Waals surface area (Å²) in [6, 6.07) is 6.95. The fourth-order valence-electron chi connectivity index (χ4n) is 2.44. The lowest BCUT2D eigenvalue weighted by Crippen LogP contribution is -2.32. The quantitative estimate of drug-likeness (QED) is 0.888.